The van der Waals surface area contributed by atoms with Gasteiger partial charge in [0.2, 0.25) is 0 Å². The Hall–Kier alpha value is -3.01. The second-order valence-corrected chi connectivity index (χ2v) is 7.42. The number of rotatable bonds is 2. The average Bonchev–Trinajstić information content (AvgIpc) is 3.17. The maximum atomic E-state index is 13.5. The zero-order valence-corrected chi connectivity index (χ0v) is 15.3. The summed E-state index contributed by atoms with van der Waals surface area (Å²) in [6.45, 7) is 2.24. The van der Waals surface area contributed by atoms with Gasteiger partial charge in [-0.25, -0.2) is 0 Å². The summed E-state index contributed by atoms with van der Waals surface area (Å²) in [5, 5.41) is 1.13. The van der Waals surface area contributed by atoms with E-state index >= 15 is 0 Å². The molecular formula is C24H18F3N. The molecule has 0 fully saturated rings. The van der Waals surface area contributed by atoms with Crippen LogP contribution in [0.25, 0.3) is 22.2 Å². The molecule has 28 heavy (non-hydrogen) atoms. The lowest BCUT2D eigenvalue weighted by Gasteiger charge is -2.16. The minimum absolute atomic E-state index is 0.193. The summed E-state index contributed by atoms with van der Waals surface area (Å²) in [6.07, 6.45) is -3.55. The molecule has 1 aliphatic carbocycles. The van der Waals surface area contributed by atoms with E-state index in [0.29, 0.717) is 5.56 Å². The van der Waals surface area contributed by atoms with Crippen LogP contribution < -0.4 is 0 Å². The summed E-state index contributed by atoms with van der Waals surface area (Å²) < 4.78 is 42.7. The predicted molar refractivity (Wildman–Crippen MR) is 105 cm³/mol. The zero-order valence-electron chi connectivity index (χ0n) is 15.3. The molecule has 0 saturated carbocycles. The van der Waals surface area contributed by atoms with Gasteiger partial charge in [-0.15, -0.1) is 0 Å². The molecule has 5 rings (SSSR count). The molecular weight excluding hydrogens is 359 g/mol. The Morgan fingerprint density at radius 1 is 0.929 bits per heavy atom. The molecule has 4 heteroatoms. The Balaban J connectivity index is 1.76. The van der Waals surface area contributed by atoms with Crippen molar-refractivity contribution in [2.24, 2.45) is 0 Å². The molecule has 0 spiro atoms. The van der Waals surface area contributed by atoms with Gasteiger partial charge in [0.1, 0.15) is 0 Å². The molecule has 1 nitrogen and oxygen atoms in total. The van der Waals surface area contributed by atoms with Crippen LogP contribution in [0.15, 0.2) is 66.7 Å². The van der Waals surface area contributed by atoms with Gasteiger partial charge in [0.25, 0.3) is 0 Å². The van der Waals surface area contributed by atoms with E-state index in [0.717, 1.165) is 34.1 Å². The summed E-state index contributed by atoms with van der Waals surface area (Å²) in [7, 11) is 0. The number of hydrogen-bond donors (Lipinski definition) is 0. The molecule has 0 radical (unpaired) electrons. The minimum atomic E-state index is -4.36. The number of nitrogens with zero attached hydrogens (tertiary/aromatic N) is 1. The van der Waals surface area contributed by atoms with Gasteiger partial charge in [0.05, 0.1) is 11.3 Å². The molecule has 0 bridgehead atoms. The summed E-state index contributed by atoms with van der Waals surface area (Å²) in [5.74, 6) is 0. The number of benzene rings is 3. The third kappa shape index (κ3) is 2.55. The Morgan fingerprint density at radius 3 is 2.50 bits per heavy atom. The first-order valence-corrected chi connectivity index (χ1v) is 9.28. The van der Waals surface area contributed by atoms with Crippen molar-refractivity contribution >= 4 is 10.9 Å². The highest BCUT2D eigenvalue weighted by Crippen LogP contribution is 2.44. The van der Waals surface area contributed by atoms with Crippen LogP contribution in [0.3, 0.4) is 0 Å². The van der Waals surface area contributed by atoms with Crippen molar-refractivity contribution in [2.75, 3.05) is 0 Å². The zero-order chi connectivity index (χ0) is 19.5. The van der Waals surface area contributed by atoms with Crippen LogP contribution in [0.5, 0.6) is 0 Å². The predicted octanol–water partition coefficient (Wildman–Crippen LogP) is 6.59. The summed E-state index contributed by atoms with van der Waals surface area (Å²) in [5.41, 5.74) is 6.48. The van der Waals surface area contributed by atoms with E-state index in [-0.39, 0.29) is 6.54 Å². The molecule has 0 amide bonds. The maximum absolute atomic E-state index is 13.5. The smallest absolute Gasteiger partial charge is 0.336 e. The van der Waals surface area contributed by atoms with Crippen molar-refractivity contribution in [3.8, 4) is 11.3 Å². The Bertz CT molecular complexity index is 1210. The molecule has 1 heterocycles. The van der Waals surface area contributed by atoms with E-state index in [2.05, 4.69) is 22.8 Å². The number of alkyl halides is 3. The average molecular weight is 377 g/mol. The summed E-state index contributed by atoms with van der Waals surface area (Å²) in [6, 6.07) is 20.2. The molecule has 0 saturated heterocycles. The Labute approximate surface area is 161 Å². The molecule has 1 aromatic heterocycles. The number of aryl methyl sites for hydroxylation is 1. The van der Waals surface area contributed by atoms with Crippen LogP contribution in [0.2, 0.25) is 0 Å². The lowest BCUT2D eigenvalue weighted by atomic mass is 10.1. The van der Waals surface area contributed by atoms with E-state index in [9.17, 15) is 13.2 Å². The standard InChI is InChI=1S/C24H18F3N/c1-15-10-11-22-19(12-15)20-13-16-6-2-4-8-18(16)23(20)28(22)14-17-7-3-5-9-21(17)24(25,26)27/h2-12H,13-14H2,1H3. The largest absolute Gasteiger partial charge is 0.416 e. The third-order valence-corrected chi connectivity index (χ3v) is 5.61. The van der Waals surface area contributed by atoms with Crippen molar-refractivity contribution in [2.45, 2.75) is 26.1 Å². The topological polar surface area (TPSA) is 4.93 Å². The quantitative estimate of drug-likeness (QED) is 0.327. The second-order valence-electron chi connectivity index (χ2n) is 7.42. The highest BCUT2D eigenvalue weighted by molar-refractivity contribution is 5.95. The van der Waals surface area contributed by atoms with E-state index in [1.165, 1.54) is 23.3 Å². The molecule has 0 aliphatic heterocycles. The first-order valence-electron chi connectivity index (χ1n) is 9.28. The molecule has 0 atom stereocenters. The van der Waals surface area contributed by atoms with Gasteiger partial charge in [-0.2, -0.15) is 13.2 Å². The number of hydrogen-bond acceptors (Lipinski definition) is 0. The third-order valence-electron chi connectivity index (χ3n) is 5.61. The van der Waals surface area contributed by atoms with Gasteiger partial charge in [0, 0.05) is 29.4 Å². The van der Waals surface area contributed by atoms with E-state index < -0.39 is 11.7 Å². The van der Waals surface area contributed by atoms with Crippen LogP contribution >= 0.6 is 0 Å². The number of halogens is 3. The highest BCUT2D eigenvalue weighted by Gasteiger charge is 2.34. The van der Waals surface area contributed by atoms with Crippen LogP contribution in [0.4, 0.5) is 13.2 Å². The van der Waals surface area contributed by atoms with Crippen LogP contribution in [-0.4, -0.2) is 4.57 Å². The molecule has 1 aliphatic rings. The van der Waals surface area contributed by atoms with Gasteiger partial charge in [-0.1, -0.05) is 54.1 Å². The number of fused-ring (bicyclic) bond motifs is 5. The van der Waals surface area contributed by atoms with Crippen molar-refractivity contribution in [3.63, 3.8) is 0 Å². The second kappa shape index (κ2) is 5.99. The highest BCUT2D eigenvalue weighted by atomic mass is 19.4. The van der Waals surface area contributed by atoms with Crippen LogP contribution in [0, 0.1) is 6.92 Å². The lowest BCUT2D eigenvalue weighted by Crippen LogP contribution is -2.12. The molecule has 4 aromatic rings. The van der Waals surface area contributed by atoms with Crippen molar-refractivity contribution in [1.29, 1.82) is 0 Å². The fourth-order valence-corrected chi connectivity index (χ4v) is 4.39. The van der Waals surface area contributed by atoms with Gasteiger partial charge < -0.3 is 4.57 Å². The monoisotopic (exact) mass is 377 g/mol. The van der Waals surface area contributed by atoms with Crippen molar-refractivity contribution in [1.82, 2.24) is 4.57 Å². The lowest BCUT2D eigenvalue weighted by molar-refractivity contribution is -0.138. The van der Waals surface area contributed by atoms with Gasteiger partial charge in [-0.05, 0) is 41.8 Å². The summed E-state index contributed by atoms with van der Waals surface area (Å²) in [4.78, 5) is 0. The Kier molecular flexibility index (Phi) is 3.66. The minimum Gasteiger partial charge on any atom is -0.336 e. The fourth-order valence-electron chi connectivity index (χ4n) is 4.39. The van der Waals surface area contributed by atoms with Crippen molar-refractivity contribution in [3.05, 3.63) is 94.5 Å². The fraction of sp³-hybridized carbons (Fsp3) is 0.167. The maximum Gasteiger partial charge on any atom is 0.416 e. The molecule has 0 N–H and O–H groups in total. The Morgan fingerprint density at radius 2 is 1.68 bits per heavy atom. The molecule has 3 aromatic carbocycles. The van der Waals surface area contributed by atoms with Crippen LogP contribution in [-0.2, 0) is 19.1 Å². The first kappa shape index (κ1) is 17.1. The van der Waals surface area contributed by atoms with Gasteiger partial charge in [0.15, 0.2) is 0 Å². The van der Waals surface area contributed by atoms with E-state index in [1.54, 1.807) is 12.1 Å². The SMILES string of the molecule is Cc1ccc2c(c1)c1c(n2Cc2ccccc2C(F)(F)F)-c2ccccc2C1. The molecule has 140 valence electrons. The normalized spacial score (nSPS) is 13.0. The number of aromatic nitrogens is 1. The summed E-state index contributed by atoms with van der Waals surface area (Å²) >= 11 is 0. The van der Waals surface area contributed by atoms with Crippen LogP contribution in [0.1, 0.15) is 27.8 Å². The molecule has 0 unspecified atom stereocenters. The van der Waals surface area contributed by atoms with E-state index in [4.69, 9.17) is 0 Å². The van der Waals surface area contributed by atoms with E-state index in [1.807, 2.05) is 31.2 Å². The van der Waals surface area contributed by atoms with Crippen molar-refractivity contribution < 1.29 is 13.2 Å². The van der Waals surface area contributed by atoms with Gasteiger partial charge >= 0.3 is 6.18 Å². The van der Waals surface area contributed by atoms with Gasteiger partial charge in [-0.3, -0.25) is 0 Å². The first-order chi connectivity index (χ1) is 13.4.